The van der Waals surface area contributed by atoms with Gasteiger partial charge in [0.15, 0.2) is 0 Å². The third kappa shape index (κ3) is 2.46. The van der Waals surface area contributed by atoms with Gasteiger partial charge in [0.2, 0.25) is 0 Å². The summed E-state index contributed by atoms with van der Waals surface area (Å²) in [5, 5.41) is 4.65. The summed E-state index contributed by atoms with van der Waals surface area (Å²) in [5.41, 5.74) is 0.584. The van der Waals surface area contributed by atoms with E-state index in [1.165, 1.54) is 11.8 Å². The molecule has 5 heteroatoms. The summed E-state index contributed by atoms with van der Waals surface area (Å²) < 4.78 is 1.73. The molecule has 2 aromatic rings. The molecule has 0 bridgehead atoms. The van der Waals surface area contributed by atoms with E-state index in [2.05, 4.69) is 5.10 Å². The molecule has 0 saturated carbocycles. The van der Waals surface area contributed by atoms with Crippen molar-refractivity contribution in [2.24, 2.45) is 7.05 Å². The second-order valence-corrected chi connectivity index (χ2v) is 4.78. The van der Waals surface area contributed by atoms with Crippen molar-refractivity contribution in [1.29, 1.82) is 0 Å². The Labute approximate surface area is 102 Å². The third-order valence-corrected chi connectivity index (χ3v) is 3.45. The first-order valence-corrected chi connectivity index (χ1v) is 5.80. The van der Waals surface area contributed by atoms with Gasteiger partial charge in [-0.1, -0.05) is 29.4 Å². The number of nitrogens with zero attached hydrogens (tertiary/aromatic N) is 2. The molecule has 1 aromatic carbocycles. The summed E-state index contributed by atoms with van der Waals surface area (Å²) in [4.78, 5) is 12.5. The number of aryl methyl sites for hydroxylation is 1. The predicted octanol–water partition coefficient (Wildman–Crippen LogP) is 3.04. The number of hydrogen-bond donors (Lipinski definition) is 0. The van der Waals surface area contributed by atoms with Gasteiger partial charge in [-0.3, -0.25) is 9.48 Å². The van der Waals surface area contributed by atoms with Crippen LogP contribution >= 0.6 is 23.4 Å². The molecule has 16 heavy (non-hydrogen) atoms. The SMILES string of the molecule is Cn1cc(Sc2ccc(C=O)cc2Cl)cn1. The second kappa shape index (κ2) is 4.72. The van der Waals surface area contributed by atoms with Crippen LogP contribution in [0.3, 0.4) is 0 Å². The fraction of sp³-hybridized carbons (Fsp3) is 0.0909. The normalized spacial score (nSPS) is 10.4. The molecule has 0 N–H and O–H groups in total. The lowest BCUT2D eigenvalue weighted by molar-refractivity contribution is 0.112. The van der Waals surface area contributed by atoms with Crippen molar-refractivity contribution in [3.05, 3.63) is 41.2 Å². The minimum atomic E-state index is 0.582. The molecule has 0 unspecified atom stereocenters. The molecular weight excluding hydrogens is 244 g/mol. The van der Waals surface area contributed by atoms with Crippen molar-refractivity contribution < 1.29 is 4.79 Å². The van der Waals surface area contributed by atoms with Gasteiger partial charge in [0.05, 0.1) is 16.1 Å². The van der Waals surface area contributed by atoms with Crippen LogP contribution in [0.25, 0.3) is 0 Å². The molecule has 0 aliphatic carbocycles. The van der Waals surface area contributed by atoms with Crippen LogP contribution in [-0.2, 0) is 7.05 Å². The van der Waals surface area contributed by atoms with Crippen LogP contribution in [0.4, 0.5) is 0 Å². The van der Waals surface area contributed by atoms with E-state index in [9.17, 15) is 4.79 Å². The van der Waals surface area contributed by atoms with Crippen molar-refractivity contribution >= 4 is 29.6 Å². The zero-order valence-corrected chi connectivity index (χ0v) is 10.1. The van der Waals surface area contributed by atoms with Gasteiger partial charge < -0.3 is 0 Å². The maximum Gasteiger partial charge on any atom is 0.150 e. The molecule has 0 spiro atoms. The lowest BCUT2D eigenvalue weighted by Crippen LogP contribution is -1.84. The molecular formula is C11H9ClN2OS. The van der Waals surface area contributed by atoms with Crippen molar-refractivity contribution in [1.82, 2.24) is 9.78 Å². The summed E-state index contributed by atoms with van der Waals surface area (Å²) in [5.74, 6) is 0. The first-order valence-electron chi connectivity index (χ1n) is 4.60. The number of aldehydes is 1. The highest BCUT2D eigenvalue weighted by molar-refractivity contribution is 7.99. The lowest BCUT2D eigenvalue weighted by Gasteiger charge is -2.02. The number of hydrogen-bond acceptors (Lipinski definition) is 3. The Morgan fingerprint density at radius 1 is 1.50 bits per heavy atom. The Hall–Kier alpha value is -1.26. The van der Waals surface area contributed by atoms with E-state index in [1.54, 1.807) is 23.0 Å². The molecule has 0 radical (unpaired) electrons. The summed E-state index contributed by atoms with van der Waals surface area (Å²) in [6, 6.07) is 5.24. The van der Waals surface area contributed by atoms with Crippen LogP contribution in [0.1, 0.15) is 10.4 Å². The zero-order chi connectivity index (χ0) is 11.5. The van der Waals surface area contributed by atoms with E-state index < -0.39 is 0 Å². The Balaban J connectivity index is 2.25. The molecule has 0 amide bonds. The van der Waals surface area contributed by atoms with Crippen LogP contribution in [0.15, 0.2) is 40.4 Å². The highest BCUT2D eigenvalue weighted by atomic mass is 35.5. The van der Waals surface area contributed by atoms with Crippen LogP contribution in [-0.4, -0.2) is 16.1 Å². The van der Waals surface area contributed by atoms with E-state index in [1.807, 2.05) is 19.3 Å². The van der Waals surface area contributed by atoms with Crippen LogP contribution < -0.4 is 0 Å². The summed E-state index contributed by atoms with van der Waals surface area (Å²) in [6.07, 6.45) is 4.47. The fourth-order valence-corrected chi connectivity index (χ4v) is 2.41. The Kier molecular flexibility index (Phi) is 3.31. The van der Waals surface area contributed by atoms with Crippen LogP contribution in [0, 0.1) is 0 Å². The number of carbonyl (C=O) groups excluding carboxylic acids is 1. The first kappa shape index (κ1) is 11.2. The molecule has 2 rings (SSSR count). The number of aromatic nitrogens is 2. The highest BCUT2D eigenvalue weighted by Gasteiger charge is 2.05. The maximum absolute atomic E-state index is 10.6. The number of halogens is 1. The number of rotatable bonds is 3. The quantitative estimate of drug-likeness (QED) is 0.788. The van der Waals surface area contributed by atoms with Gasteiger partial charge in [0.1, 0.15) is 6.29 Å². The van der Waals surface area contributed by atoms with Crippen molar-refractivity contribution in [3.63, 3.8) is 0 Å². The minimum Gasteiger partial charge on any atom is -0.298 e. The van der Waals surface area contributed by atoms with Gasteiger partial charge in [-0.05, 0) is 12.1 Å². The lowest BCUT2D eigenvalue weighted by atomic mass is 10.2. The largest absolute Gasteiger partial charge is 0.298 e. The topological polar surface area (TPSA) is 34.9 Å². The molecule has 1 aromatic heterocycles. The third-order valence-electron chi connectivity index (χ3n) is 2.00. The molecule has 0 aliphatic rings. The van der Waals surface area contributed by atoms with E-state index in [0.717, 1.165) is 16.1 Å². The van der Waals surface area contributed by atoms with Crippen LogP contribution in [0.5, 0.6) is 0 Å². The van der Waals surface area contributed by atoms with Gasteiger partial charge in [0, 0.05) is 23.7 Å². The Morgan fingerprint density at radius 2 is 2.31 bits per heavy atom. The van der Waals surface area contributed by atoms with Gasteiger partial charge in [0.25, 0.3) is 0 Å². The molecule has 3 nitrogen and oxygen atoms in total. The second-order valence-electron chi connectivity index (χ2n) is 3.26. The Bertz CT molecular complexity index is 524. The number of carbonyl (C=O) groups is 1. The van der Waals surface area contributed by atoms with E-state index in [4.69, 9.17) is 11.6 Å². The molecule has 0 fully saturated rings. The van der Waals surface area contributed by atoms with Gasteiger partial charge in [-0.2, -0.15) is 5.10 Å². The molecule has 82 valence electrons. The average Bonchev–Trinajstić information content (AvgIpc) is 2.67. The van der Waals surface area contributed by atoms with E-state index in [0.29, 0.717) is 10.6 Å². The molecule has 0 aliphatic heterocycles. The predicted molar refractivity (Wildman–Crippen MR) is 64.2 cm³/mol. The Morgan fingerprint density at radius 3 is 2.88 bits per heavy atom. The van der Waals surface area contributed by atoms with Crippen molar-refractivity contribution in [3.8, 4) is 0 Å². The molecule has 0 saturated heterocycles. The summed E-state index contributed by atoms with van der Waals surface area (Å²) in [6.45, 7) is 0. The van der Waals surface area contributed by atoms with E-state index in [-0.39, 0.29) is 0 Å². The fourth-order valence-electron chi connectivity index (χ4n) is 1.25. The van der Waals surface area contributed by atoms with Crippen molar-refractivity contribution in [2.45, 2.75) is 9.79 Å². The summed E-state index contributed by atoms with van der Waals surface area (Å²) in [7, 11) is 1.86. The maximum atomic E-state index is 10.6. The molecule has 1 heterocycles. The minimum absolute atomic E-state index is 0.582. The smallest absolute Gasteiger partial charge is 0.150 e. The van der Waals surface area contributed by atoms with E-state index >= 15 is 0 Å². The number of benzene rings is 1. The summed E-state index contributed by atoms with van der Waals surface area (Å²) >= 11 is 7.58. The van der Waals surface area contributed by atoms with Gasteiger partial charge >= 0.3 is 0 Å². The van der Waals surface area contributed by atoms with Gasteiger partial charge in [-0.25, -0.2) is 0 Å². The highest BCUT2D eigenvalue weighted by Crippen LogP contribution is 2.33. The standard InChI is InChI=1S/C11H9ClN2OS/c1-14-6-9(5-13-14)16-11-3-2-8(7-15)4-10(11)12/h2-7H,1H3. The molecule has 0 atom stereocenters. The zero-order valence-electron chi connectivity index (χ0n) is 8.55. The van der Waals surface area contributed by atoms with Crippen molar-refractivity contribution in [2.75, 3.05) is 0 Å². The van der Waals surface area contributed by atoms with Crippen LogP contribution in [0.2, 0.25) is 5.02 Å². The first-order chi connectivity index (χ1) is 7.69. The monoisotopic (exact) mass is 252 g/mol. The van der Waals surface area contributed by atoms with Gasteiger partial charge in [-0.15, -0.1) is 0 Å². The average molecular weight is 253 g/mol.